The number of aromatic nitrogens is 4. The normalized spacial score (nSPS) is 18.3. The number of hydrogen-bond acceptors (Lipinski definition) is 7. The molecule has 2 atom stereocenters. The first kappa shape index (κ1) is 21.2. The second-order valence-corrected chi connectivity index (χ2v) is 7.90. The van der Waals surface area contributed by atoms with Gasteiger partial charge in [0.25, 0.3) is 0 Å². The van der Waals surface area contributed by atoms with E-state index in [2.05, 4.69) is 25.9 Å². The lowest BCUT2D eigenvalue weighted by Crippen LogP contribution is -2.28. The second kappa shape index (κ2) is 9.34. The fourth-order valence-electron chi connectivity index (χ4n) is 3.47. The number of amides is 1. The van der Waals surface area contributed by atoms with Gasteiger partial charge in [0.2, 0.25) is 11.0 Å². The third-order valence-corrected chi connectivity index (χ3v) is 5.73. The zero-order valence-electron chi connectivity index (χ0n) is 16.2. The van der Waals surface area contributed by atoms with Gasteiger partial charge in [0.15, 0.2) is 0 Å². The maximum absolute atomic E-state index is 12.8. The van der Waals surface area contributed by atoms with Gasteiger partial charge in [0.05, 0.1) is 19.2 Å². The quantitative estimate of drug-likeness (QED) is 0.618. The van der Waals surface area contributed by atoms with Crippen molar-refractivity contribution in [1.29, 1.82) is 0 Å². The molecule has 0 radical (unpaired) electrons. The summed E-state index contributed by atoms with van der Waals surface area (Å²) in [6.07, 6.45) is 4.44. The molecule has 1 aliphatic heterocycles. The molecule has 0 aliphatic carbocycles. The highest BCUT2D eigenvalue weighted by Crippen LogP contribution is 2.29. The van der Waals surface area contributed by atoms with Gasteiger partial charge in [0, 0.05) is 38.7 Å². The first-order valence-corrected chi connectivity index (χ1v) is 9.89. The molecule has 1 amide bonds. The number of halogens is 1. The third kappa shape index (κ3) is 4.92. The number of anilines is 1. The number of methoxy groups -OCH3 is 1. The van der Waals surface area contributed by atoms with E-state index in [9.17, 15) is 4.79 Å². The average molecular weight is 435 g/mol. The van der Waals surface area contributed by atoms with E-state index in [1.165, 1.54) is 11.3 Å². The largest absolute Gasteiger partial charge is 0.497 e. The standard InChI is InChI=1S/C19H22N6O2S.ClH/c1-25-11-13(8-21-25)15-9-20-10-16(15)18(26)22-19-24-23-17(28-19)7-12-4-3-5-14(6-12)27-2;/h3-6,8,11,15-16,20H,7,9-10H2,1-2H3,(H,22,24,26);1H/t15-,16+;/m1./s1. The molecular weight excluding hydrogens is 412 g/mol. The van der Waals surface area contributed by atoms with E-state index in [4.69, 9.17) is 4.74 Å². The van der Waals surface area contributed by atoms with Crippen LogP contribution in [0.2, 0.25) is 0 Å². The number of aryl methyl sites for hydroxylation is 1. The molecule has 8 nitrogen and oxygen atoms in total. The van der Waals surface area contributed by atoms with Crippen molar-refractivity contribution in [3.05, 3.63) is 52.8 Å². The summed E-state index contributed by atoms with van der Waals surface area (Å²) in [5, 5.41) is 20.2. The van der Waals surface area contributed by atoms with Crippen molar-refractivity contribution in [2.45, 2.75) is 12.3 Å². The van der Waals surface area contributed by atoms with E-state index in [0.717, 1.165) is 28.4 Å². The van der Waals surface area contributed by atoms with E-state index in [0.29, 0.717) is 18.1 Å². The minimum atomic E-state index is -0.157. The second-order valence-electron chi connectivity index (χ2n) is 6.84. The summed E-state index contributed by atoms with van der Waals surface area (Å²) in [4.78, 5) is 12.8. The Labute approximate surface area is 179 Å². The molecule has 3 heterocycles. The highest BCUT2D eigenvalue weighted by atomic mass is 35.5. The van der Waals surface area contributed by atoms with Gasteiger partial charge >= 0.3 is 0 Å². The van der Waals surface area contributed by atoms with E-state index < -0.39 is 0 Å². The number of nitrogens with zero attached hydrogens (tertiary/aromatic N) is 4. The van der Waals surface area contributed by atoms with Gasteiger partial charge in [-0.15, -0.1) is 22.6 Å². The van der Waals surface area contributed by atoms with Crippen LogP contribution in [0.1, 0.15) is 22.1 Å². The van der Waals surface area contributed by atoms with Crippen LogP contribution in [0.4, 0.5) is 5.13 Å². The third-order valence-electron chi connectivity index (χ3n) is 4.89. The molecule has 1 fully saturated rings. The Morgan fingerprint density at radius 2 is 2.24 bits per heavy atom. The molecule has 4 rings (SSSR count). The first-order valence-electron chi connectivity index (χ1n) is 9.08. The lowest BCUT2D eigenvalue weighted by Gasteiger charge is -2.15. The smallest absolute Gasteiger partial charge is 0.231 e. The van der Waals surface area contributed by atoms with Crippen LogP contribution in [0, 0.1) is 5.92 Å². The lowest BCUT2D eigenvalue weighted by molar-refractivity contribution is -0.119. The van der Waals surface area contributed by atoms with Gasteiger partial charge in [0.1, 0.15) is 10.8 Å². The van der Waals surface area contributed by atoms with Crippen molar-refractivity contribution in [2.24, 2.45) is 13.0 Å². The number of carbonyl (C=O) groups excluding carboxylic acids is 1. The monoisotopic (exact) mass is 434 g/mol. The molecule has 0 spiro atoms. The molecule has 0 saturated carbocycles. The number of carbonyl (C=O) groups is 1. The van der Waals surface area contributed by atoms with Crippen LogP contribution in [0.25, 0.3) is 0 Å². The summed E-state index contributed by atoms with van der Waals surface area (Å²) in [7, 11) is 3.53. The molecule has 1 saturated heterocycles. The minimum Gasteiger partial charge on any atom is -0.497 e. The van der Waals surface area contributed by atoms with Crippen molar-refractivity contribution in [3.63, 3.8) is 0 Å². The molecule has 0 bridgehead atoms. The predicted octanol–water partition coefficient (Wildman–Crippen LogP) is 2.23. The van der Waals surface area contributed by atoms with Crippen molar-refractivity contribution >= 4 is 34.8 Å². The number of ether oxygens (including phenoxy) is 1. The van der Waals surface area contributed by atoms with Crippen LogP contribution in [-0.2, 0) is 18.3 Å². The molecule has 2 aromatic heterocycles. The van der Waals surface area contributed by atoms with E-state index in [1.807, 2.05) is 43.7 Å². The molecule has 1 aromatic carbocycles. The highest BCUT2D eigenvalue weighted by molar-refractivity contribution is 7.15. The van der Waals surface area contributed by atoms with Crippen LogP contribution in [0.3, 0.4) is 0 Å². The molecule has 0 unspecified atom stereocenters. The predicted molar refractivity (Wildman–Crippen MR) is 114 cm³/mol. The van der Waals surface area contributed by atoms with Crippen LogP contribution in [-0.4, -0.2) is 46.1 Å². The number of nitrogens with one attached hydrogen (secondary N) is 2. The number of rotatable bonds is 6. The summed E-state index contributed by atoms with van der Waals surface area (Å²) < 4.78 is 7.02. The van der Waals surface area contributed by atoms with Crippen LogP contribution in [0.15, 0.2) is 36.7 Å². The Hall–Kier alpha value is -2.49. The lowest BCUT2D eigenvalue weighted by atomic mass is 9.90. The van der Waals surface area contributed by atoms with Gasteiger partial charge in [-0.1, -0.05) is 23.5 Å². The highest BCUT2D eigenvalue weighted by Gasteiger charge is 2.35. The van der Waals surface area contributed by atoms with Gasteiger partial charge in [-0.05, 0) is 23.3 Å². The van der Waals surface area contributed by atoms with E-state index >= 15 is 0 Å². The Morgan fingerprint density at radius 3 is 3.00 bits per heavy atom. The van der Waals surface area contributed by atoms with Crippen molar-refractivity contribution < 1.29 is 9.53 Å². The van der Waals surface area contributed by atoms with Gasteiger partial charge in [-0.3, -0.25) is 9.48 Å². The Kier molecular flexibility index (Phi) is 6.83. The van der Waals surface area contributed by atoms with Crippen molar-refractivity contribution in [2.75, 3.05) is 25.5 Å². The average Bonchev–Trinajstić information content (AvgIpc) is 3.43. The van der Waals surface area contributed by atoms with Crippen LogP contribution in [0.5, 0.6) is 5.75 Å². The van der Waals surface area contributed by atoms with Gasteiger partial charge in [-0.2, -0.15) is 5.10 Å². The molecule has 2 N–H and O–H groups in total. The summed E-state index contributed by atoms with van der Waals surface area (Å²) >= 11 is 1.40. The molecule has 3 aromatic rings. The summed E-state index contributed by atoms with van der Waals surface area (Å²) in [5.74, 6) is 0.724. The van der Waals surface area contributed by atoms with Crippen molar-refractivity contribution in [1.82, 2.24) is 25.3 Å². The number of benzene rings is 1. The Bertz CT molecular complexity index is 975. The van der Waals surface area contributed by atoms with Gasteiger partial charge in [-0.25, -0.2) is 0 Å². The van der Waals surface area contributed by atoms with Crippen LogP contribution >= 0.6 is 23.7 Å². The maximum Gasteiger partial charge on any atom is 0.231 e. The van der Waals surface area contributed by atoms with E-state index in [1.54, 1.807) is 11.8 Å². The molecule has 1 aliphatic rings. The number of hydrogen-bond donors (Lipinski definition) is 2. The molecule has 10 heteroatoms. The molecule has 29 heavy (non-hydrogen) atoms. The Morgan fingerprint density at radius 1 is 1.38 bits per heavy atom. The Balaban J connectivity index is 0.00000240. The zero-order chi connectivity index (χ0) is 19.5. The topological polar surface area (TPSA) is 94.0 Å². The summed E-state index contributed by atoms with van der Waals surface area (Å²) in [6, 6.07) is 7.85. The first-order chi connectivity index (χ1) is 13.6. The zero-order valence-corrected chi connectivity index (χ0v) is 17.8. The fraction of sp³-hybridized carbons (Fsp3) is 0.368. The molecule has 154 valence electrons. The summed E-state index contributed by atoms with van der Waals surface area (Å²) in [5.41, 5.74) is 2.16. The van der Waals surface area contributed by atoms with Gasteiger partial charge < -0.3 is 15.4 Å². The summed E-state index contributed by atoms with van der Waals surface area (Å²) in [6.45, 7) is 1.40. The van der Waals surface area contributed by atoms with Crippen molar-refractivity contribution in [3.8, 4) is 5.75 Å². The minimum absolute atomic E-state index is 0. The maximum atomic E-state index is 12.8. The molecular formula is C19H23ClN6O2S. The fourth-order valence-corrected chi connectivity index (χ4v) is 4.24. The SMILES string of the molecule is COc1cccc(Cc2nnc(NC(=O)[C@H]3CNC[C@@H]3c3cnn(C)c3)s2)c1.Cl. The van der Waals surface area contributed by atoms with E-state index in [-0.39, 0.29) is 30.2 Å². The van der Waals surface area contributed by atoms with Crippen LogP contribution < -0.4 is 15.4 Å².